The monoisotopic (exact) mass is 234 g/mol. The molecule has 17 heavy (non-hydrogen) atoms. The Bertz CT molecular complexity index is 218. The Hall–Kier alpha value is -0.780. The van der Waals surface area contributed by atoms with Gasteiger partial charge in [-0.25, -0.2) is 0 Å². The molecule has 0 spiro atoms. The fourth-order valence-corrected chi connectivity index (χ4v) is 1.69. The highest BCUT2D eigenvalue weighted by atomic mass is 13.9. The first-order valence-corrected chi connectivity index (χ1v) is 7.36. The van der Waals surface area contributed by atoms with Crippen LogP contribution in [0.25, 0.3) is 0 Å². The fourth-order valence-electron chi connectivity index (χ4n) is 1.69. The lowest BCUT2D eigenvalue weighted by atomic mass is 10.1. The number of hydrogen-bond donors (Lipinski definition) is 0. The third-order valence-corrected chi connectivity index (χ3v) is 3.05. The Morgan fingerprint density at radius 1 is 0.588 bits per heavy atom. The second-order valence-electron chi connectivity index (χ2n) is 4.58. The third kappa shape index (κ3) is 8.97. The Balaban J connectivity index is 0.000000325. The van der Waals surface area contributed by atoms with Crippen LogP contribution < -0.4 is 0 Å². The first-order valence-electron chi connectivity index (χ1n) is 7.36. The summed E-state index contributed by atoms with van der Waals surface area (Å²) in [4.78, 5) is 0. The van der Waals surface area contributed by atoms with E-state index in [2.05, 4.69) is 52.0 Å². The highest BCUT2D eigenvalue weighted by molar-refractivity contribution is 5.22. The van der Waals surface area contributed by atoms with Crippen molar-refractivity contribution in [3.05, 3.63) is 35.4 Å². The normalized spacial score (nSPS) is 9.65. The van der Waals surface area contributed by atoms with Crippen molar-refractivity contribution in [2.45, 2.75) is 72.6 Å². The van der Waals surface area contributed by atoms with E-state index in [1.807, 2.05) is 0 Å². The van der Waals surface area contributed by atoms with Crippen LogP contribution in [-0.2, 0) is 12.8 Å². The summed E-state index contributed by atoms with van der Waals surface area (Å²) in [6.07, 6.45) is 9.29. The molecule has 1 aromatic carbocycles. The number of unbranched alkanes of at least 4 members (excludes halogenated alkanes) is 4. The van der Waals surface area contributed by atoms with Crippen LogP contribution in [-0.4, -0.2) is 0 Å². The minimum Gasteiger partial charge on any atom is -0.0654 e. The van der Waals surface area contributed by atoms with Gasteiger partial charge in [0.25, 0.3) is 0 Å². The van der Waals surface area contributed by atoms with E-state index in [0.717, 1.165) is 12.8 Å². The second kappa shape index (κ2) is 11.7. The highest BCUT2D eigenvalue weighted by Crippen LogP contribution is 2.04. The molecule has 0 nitrogen and oxygen atoms in total. The molecule has 0 aliphatic heterocycles. The lowest BCUT2D eigenvalue weighted by Crippen LogP contribution is -1.81. The van der Waals surface area contributed by atoms with Crippen molar-refractivity contribution in [3.63, 3.8) is 0 Å². The van der Waals surface area contributed by atoms with E-state index in [9.17, 15) is 0 Å². The van der Waals surface area contributed by atoms with E-state index in [1.54, 1.807) is 0 Å². The van der Waals surface area contributed by atoms with E-state index >= 15 is 0 Å². The Kier molecular flexibility index (Phi) is 11.2. The van der Waals surface area contributed by atoms with Crippen LogP contribution in [0, 0.1) is 0 Å². The van der Waals surface area contributed by atoms with Gasteiger partial charge in [-0.3, -0.25) is 0 Å². The molecule has 0 amide bonds. The van der Waals surface area contributed by atoms with Gasteiger partial charge in [-0.05, 0) is 24.0 Å². The third-order valence-electron chi connectivity index (χ3n) is 3.05. The highest BCUT2D eigenvalue weighted by Gasteiger charge is 1.88. The van der Waals surface area contributed by atoms with Crippen molar-refractivity contribution < 1.29 is 0 Å². The second-order valence-corrected chi connectivity index (χ2v) is 4.58. The van der Waals surface area contributed by atoms with Gasteiger partial charge in [-0.15, -0.1) is 0 Å². The van der Waals surface area contributed by atoms with Crippen molar-refractivity contribution in [1.29, 1.82) is 0 Å². The lowest BCUT2D eigenvalue weighted by Gasteiger charge is -1.97. The molecule has 0 saturated carbocycles. The van der Waals surface area contributed by atoms with E-state index in [0.29, 0.717) is 0 Å². The minimum absolute atomic E-state index is 1.14. The van der Waals surface area contributed by atoms with Crippen molar-refractivity contribution >= 4 is 0 Å². The van der Waals surface area contributed by atoms with Gasteiger partial charge >= 0.3 is 0 Å². The summed E-state index contributed by atoms with van der Waals surface area (Å²) < 4.78 is 0. The molecular formula is C17H30. The molecule has 0 saturated heterocycles. The van der Waals surface area contributed by atoms with E-state index in [4.69, 9.17) is 0 Å². The Morgan fingerprint density at radius 3 is 1.18 bits per heavy atom. The number of aryl methyl sites for hydroxylation is 2. The predicted molar refractivity (Wildman–Crippen MR) is 79.6 cm³/mol. The van der Waals surface area contributed by atoms with Crippen molar-refractivity contribution in [1.82, 2.24) is 0 Å². The smallest absolute Gasteiger partial charge is 0.0307 e. The molecule has 0 radical (unpaired) electrons. The minimum atomic E-state index is 1.14. The molecule has 0 aromatic heterocycles. The zero-order valence-corrected chi connectivity index (χ0v) is 12.3. The van der Waals surface area contributed by atoms with Gasteiger partial charge in [0.15, 0.2) is 0 Å². The summed E-state index contributed by atoms with van der Waals surface area (Å²) in [5, 5.41) is 0. The molecule has 0 unspecified atom stereocenters. The standard InChI is InChI=1S/C10H14.C7H16/c1-3-9-5-7-10(4-2)8-6-9;1-3-5-7-6-4-2/h5-8H,3-4H2,1-2H3;3-7H2,1-2H3. The molecule has 0 N–H and O–H groups in total. The van der Waals surface area contributed by atoms with Crippen LogP contribution in [0.3, 0.4) is 0 Å². The Labute approximate surface area is 108 Å². The molecule has 98 valence electrons. The molecule has 0 aliphatic rings. The molecule has 0 heterocycles. The summed E-state index contributed by atoms with van der Waals surface area (Å²) in [6.45, 7) is 8.85. The van der Waals surface area contributed by atoms with Crippen LogP contribution >= 0.6 is 0 Å². The number of benzene rings is 1. The average molecular weight is 234 g/mol. The molecule has 0 atom stereocenters. The van der Waals surface area contributed by atoms with E-state index in [-0.39, 0.29) is 0 Å². The first-order chi connectivity index (χ1) is 8.28. The zero-order chi connectivity index (χ0) is 12.9. The van der Waals surface area contributed by atoms with E-state index < -0.39 is 0 Å². The molecule has 0 aliphatic carbocycles. The van der Waals surface area contributed by atoms with Gasteiger partial charge in [-0.2, -0.15) is 0 Å². The molecule has 1 aromatic rings. The van der Waals surface area contributed by atoms with Crippen LogP contribution in [0.2, 0.25) is 0 Å². The summed E-state index contributed by atoms with van der Waals surface area (Å²) >= 11 is 0. The summed E-state index contributed by atoms with van der Waals surface area (Å²) in [7, 11) is 0. The largest absolute Gasteiger partial charge is 0.0654 e. The predicted octanol–water partition coefficient (Wildman–Crippen LogP) is 5.79. The summed E-state index contributed by atoms with van der Waals surface area (Å²) in [5.74, 6) is 0. The fraction of sp³-hybridized carbons (Fsp3) is 0.647. The molecule has 0 fully saturated rings. The van der Waals surface area contributed by atoms with Crippen LogP contribution in [0.1, 0.15) is 70.9 Å². The first kappa shape index (κ1) is 16.2. The number of hydrogen-bond acceptors (Lipinski definition) is 0. The van der Waals surface area contributed by atoms with Gasteiger partial charge < -0.3 is 0 Å². The molecule has 1 rings (SSSR count). The molecular weight excluding hydrogens is 204 g/mol. The maximum Gasteiger partial charge on any atom is -0.0307 e. The van der Waals surface area contributed by atoms with Gasteiger partial charge in [-0.1, -0.05) is 84.1 Å². The van der Waals surface area contributed by atoms with Crippen molar-refractivity contribution in [3.8, 4) is 0 Å². The summed E-state index contributed by atoms with van der Waals surface area (Å²) in [6, 6.07) is 8.83. The van der Waals surface area contributed by atoms with Gasteiger partial charge in [0, 0.05) is 0 Å². The lowest BCUT2D eigenvalue weighted by molar-refractivity contribution is 0.656. The van der Waals surface area contributed by atoms with Crippen molar-refractivity contribution in [2.75, 3.05) is 0 Å². The average Bonchev–Trinajstić information content (AvgIpc) is 2.40. The topological polar surface area (TPSA) is 0 Å². The molecule has 0 heteroatoms. The van der Waals surface area contributed by atoms with Gasteiger partial charge in [0.1, 0.15) is 0 Å². The number of rotatable bonds is 6. The maximum absolute atomic E-state index is 2.25. The quantitative estimate of drug-likeness (QED) is 0.547. The SMILES string of the molecule is CCCCCCC.CCc1ccc(CC)cc1. The van der Waals surface area contributed by atoms with Gasteiger partial charge in [0.2, 0.25) is 0 Å². The van der Waals surface area contributed by atoms with Crippen molar-refractivity contribution in [2.24, 2.45) is 0 Å². The summed E-state index contributed by atoms with van der Waals surface area (Å²) in [5.41, 5.74) is 2.86. The Morgan fingerprint density at radius 2 is 0.941 bits per heavy atom. The van der Waals surface area contributed by atoms with Crippen LogP contribution in [0.5, 0.6) is 0 Å². The van der Waals surface area contributed by atoms with Crippen LogP contribution in [0.15, 0.2) is 24.3 Å². The van der Waals surface area contributed by atoms with E-state index in [1.165, 1.54) is 43.2 Å². The zero-order valence-electron chi connectivity index (χ0n) is 12.3. The van der Waals surface area contributed by atoms with Gasteiger partial charge in [0.05, 0.1) is 0 Å². The van der Waals surface area contributed by atoms with Crippen LogP contribution in [0.4, 0.5) is 0 Å². The molecule has 0 bridgehead atoms. The maximum atomic E-state index is 2.25.